The maximum atomic E-state index is 11.5. The Kier molecular flexibility index (Phi) is 5.41. The Labute approximate surface area is 106 Å². The largest absolute Gasteiger partial charge is 0.324 e. The molecule has 0 spiro atoms. The molecule has 0 bridgehead atoms. The van der Waals surface area contributed by atoms with Crippen molar-refractivity contribution < 1.29 is 9.59 Å². The highest BCUT2D eigenvalue weighted by Gasteiger charge is 2.24. The molecule has 1 N–H and O–H groups in total. The van der Waals surface area contributed by atoms with Crippen molar-refractivity contribution in [3.8, 4) is 0 Å². The van der Waals surface area contributed by atoms with Crippen molar-refractivity contribution in [1.29, 1.82) is 0 Å². The summed E-state index contributed by atoms with van der Waals surface area (Å²) in [6.07, 6.45) is 3.14. The van der Waals surface area contributed by atoms with Gasteiger partial charge >= 0.3 is 0 Å². The second-order valence-corrected chi connectivity index (χ2v) is 4.88. The number of Topliss-reactive ketones (excluding diaryl/α,β-unsaturated/α-hetero) is 1. The fourth-order valence-corrected chi connectivity index (χ4v) is 2.57. The summed E-state index contributed by atoms with van der Waals surface area (Å²) in [6, 6.07) is -0.256. The molecule has 0 aromatic heterocycles. The van der Waals surface area contributed by atoms with Crippen LogP contribution in [0, 0.1) is 0 Å². The summed E-state index contributed by atoms with van der Waals surface area (Å²) in [5, 5.41) is 3.59. The number of aliphatic imine (C=N–C) groups is 1. The van der Waals surface area contributed by atoms with E-state index < -0.39 is 0 Å². The molecule has 0 unspecified atom stereocenters. The molecule has 0 aromatic rings. The summed E-state index contributed by atoms with van der Waals surface area (Å²) in [4.78, 5) is 27.0. The number of rotatable bonds is 5. The molecule has 0 saturated heterocycles. The lowest BCUT2D eigenvalue weighted by molar-refractivity contribution is -0.120. The Bertz CT molecular complexity index is 375. The number of thioether (sulfide) groups is 1. The molecule has 17 heavy (non-hydrogen) atoms. The van der Waals surface area contributed by atoms with Crippen molar-refractivity contribution in [3.05, 3.63) is 11.8 Å². The zero-order chi connectivity index (χ0) is 12.8. The predicted molar refractivity (Wildman–Crippen MR) is 71.2 cm³/mol. The minimum atomic E-state index is -0.256. The lowest BCUT2D eigenvalue weighted by Crippen LogP contribution is -2.25. The van der Waals surface area contributed by atoms with Gasteiger partial charge in [0, 0.05) is 12.2 Å². The Morgan fingerprint density at radius 1 is 1.59 bits per heavy atom. The molecule has 0 saturated carbocycles. The third-order valence-electron chi connectivity index (χ3n) is 2.39. The highest BCUT2D eigenvalue weighted by molar-refractivity contribution is 8.14. The van der Waals surface area contributed by atoms with Gasteiger partial charge in [0.2, 0.25) is 5.91 Å². The molecule has 4 nitrogen and oxygen atoms in total. The molecular weight excluding hydrogens is 236 g/mol. The molecule has 1 atom stereocenters. The molecule has 94 valence electrons. The number of amides is 1. The third-order valence-corrected chi connectivity index (χ3v) is 3.47. The van der Waals surface area contributed by atoms with E-state index in [1.807, 2.05) is 19.9 Å². The van der Waals surface area contributed by atoms with Crippen molar-refractivity contribution >= 4 is 28.5 Å². The Balaban J connectivity index is 2.67. The summed E-state index contributed by atoms with van der Waals surface area (Å²) < 4.78 is 0. The summed E-state index contributed by atoms with van der Waals surface area (Å²) >= 11 is 1.52. The number of allylic oxidation sites excluding steroid dienone is 1. The first-order chi connectivity index (χ1) is 8.08. The lowest BCUT2D eigenvalue weighted by Gasteiger charge is -2.07. The fourth-order valence-electron chi connectivity index (χ4n) is 1.42. The van der Waals surface area contributed by atoms with Gasteiger partial charge in [-0.05, 0) is 20.3 Å². The van der Waals surface area contributed by atoms with E-state index in [-0.39, 0.29) is 17.7 Å². The van der Waals surface area contributed by atoms with Gasteiger partial charge in [0.1, 0.15) is 11.1 Å². The summed E-state index contributed by atoms with van der Waals surface area (Å²) in [6.45, 7) is 5.36. The molecule has 1 amide bonds. The van der Waals surface area contributed by atoms with Crippen LogP contribution in [0.2, 0.25) is 0 Å². The van der Waals surface area contributed by atoms with Gasteiger partial charge < -0.3 is 5.32 Å². The number of carbonyl (C=O) groups is 2. The molecule has 0 aliphatic carbocycles. The van der Waals surface area contributed by atoms with E-state index in [1.165, 1.54) is 11.8 Å². The smallest absolute Gasteiger partial charge is 0.224 e. The van der Waals surface area contributed by atoms with Crippen LogP contribution in [0.25, 0.3) is 0 Å². The summed E-state index contributed by atoms with van der Waals surface area (Å²) in [5.74, 6) is 0.740. The average Bonchev–Trinajstić information content (AvgIpc) is 2.75. The molecule has 0 aromatic carbocycles. The van der Waals surface area contributed by atoms with Crippen LogP contribution in [0.5, 0.6) is 0 Å². The number of ketones is 1. The van der Waals surface area contributed by atoms with E-state index in [2.05, 4.69) is 10.3 Å². The van der Waals surface area contributed by atoms with Gasteiger partial charge in [-0.25, -0.2) is 0 Å². The number of carbonyl (C=O) groups excluding carboxylic acids is 2. The zero-order valence-electron chi connectivity index (χ0n) is 10.4. The van der Waals surface area contributed by atoms with Crippen LogP contribution in [0.3, 0.4) is 0 Å². The minimum absolute atomic E-state index is 0.00447. The van der Waals surface area contributed by atoms with Crippen LogP contribution in [-0.2, 0) is 9.59 Å². The second-order valence-electron chi connectivity index (χ2n) is 3.87. The normalized spacial score (nSPS) is 20.1. The fraction of sp³-hybridized carbons (Fsp3) is 0.583. The van der Waals surface area contributed by atoms with Crippen molar-refractivity contribution in [3.63, 3.8) is 0 Å². The average molecular weight is 254 g/mol. The zero-order valence-corrected chi connectivity index (χ0v) is 11.3. The van der Waals surface area contributed by atoms with Crippen molar-refractivity contribution in [2.45, 2.75) is 39.7 Å². The van der Waals surface area contributed by atoms with E-state index in [4.69, 9.17) is 0 Å². The quantitative estimate of drug-likeness (QED) is 0.815. The Morgan fingerprint density at radius 2 is 2.29 bits per heavy atom. The molecule has 0 fully saturated rings. The first-order valence-electron chi connectivity index (χ1n) is 5.76. The van der Waals surface area contributed by atoms with Crippen LogP contribution in [0.4, 0.5) is 0 Å². The van der Waals surface area contributed by atoms with Gasteiger partial charge in [0.25, 0.3) is 0 Å². The van der Waals surface area contributed by atoms with Crippen molar-refractivity contribution in [2.24, 2.45) is 4.99 Å². The van der Waals surface area contributed by atoms with Crippen LogP contribution in [0.1, 0.15) is 33.6 Å². The third kappa shape index (κ3) is 4.00. The molecule has 5 heteroatoms. The first-order valence-corrected chi connectivity index (χ1v) is 6.74. The highest BCUT2D eigenvalue weighted by Crippen LogP contribution is 2.22. The van der Waals surface area contributed by atoms with E-state index in [0.29, 0.717) is 12.2 Å². The summed E-state index contributed by atoms with van der Waals surface area (Å²) in [5.41, 5.74) is 0.720. The molecule has 1 aliphatic rings. The summed E-state index contributed by atoms with van der Waals surface area (Å²) in [7, 11) is 0. The van der Waals surface area contributed by atoms with Crippen LogP contribution >= 0.6 is 11.8 Å². The van der Waals surface area contributed by atoms with Gasteiger partial charge in [-0.15, -0.1) is 11.8 Å². The molecule has 1 heterocycles. The molecule has 1 aliphatic heterocycles. The van der Waals surface area contributed by atoms with Crippen molar-refractivity contribution in [1.82, 2.24) is 5.32 Å². The monoisotopic (exact) mass is 254 g/mol. The molecule has 0 radical (unpaired) electrons. The second kappa shape index (κ2) is 6.59. The van der Waals surface area contributed by atoms with E-state index >= 15 is 0 Å². The van der Waals surface area contributed by atoms with Gasteiger partial charge in [0.05, 0.1) is 5.70 Å². The van der Waals surface area contributed by atoms with Gasteiger partial charge in [-0.2, -0.15) is 0 Å². The highest BCUT2D eigenvalue weighted by atomic mass is 32.2. The molecule has 1 rings (SSSR count). The van der Waals surface area contributed by atoms with Gasteiger partial charge in [0.15, 0.2) is 5.78 Å². The Morgan fingerprint density at radius 3 is 2.76 bits per heavy atom. The minimum Gasteiger partial charge on any atom is -0.324 e. The SMILES string of the molecule is C/C=C(\NC(=O)CCC)C1=N[C@@H](C(C)=O)CS1. The number of hydrogen-bond acceptors (Lipinski definition) is 4. The first kappa shape index (κ1) is 14.0. The number of nitrogens with zero attached hydrogens (tertiary/aromatic N) is 1. The van der Waals surface area contributed by atoms with Crippen LogP contribution < -0.4 is 5.32 Å². The lowest BCUT2D eigenvalue weighted by atomic mass is 10.2. The maximum absolute atomic E-state index is 11.5. The molecular formula is C12H18N2O2S. The number of nitrogens with one attached hydrogen (secondary N) is 1. The van der Waals surface area contributed by atoms with Crippen LogP contribution in [-0.4, -0.2) is 28.5 Å². The van der Waals surface area contributed by atoms with Crippen molar-refractivity contribution in [2.75, 3.05) is 5.75 Å². The topological polar surface area (TPSA) is 58.5 Å². The van der Waals surface area contributed by atoms with E-state index in [1.54, 1.807) is 6.92 Å². The van der Waals surface area contributed by atoms with E-state index in [0.717, 1.165) is 17.2 Å². The van der Waals surface area contributed by atoms with Crippen LogP contribution in [0.15, 0.2) is 16.8 Å². The van der Waals surface area contributed by atoms with Gasteiger partial charge in [-0.3, -0.25) is 14.6 Å². The van der Waals surface area contributed by atoms with Gasteiger partial charge in [-0.1, -0.05) is 13.0 Å². The maximum Gasteiger partial charge on any atom is 0.224 e. The predicted octanol–water partition coefficient (Wildman–Crippen LogP) is 1.91. The Hall–Kier alpha value is -1.10. The standard InChI is InChI=1S/C12H18N2O2S/c1-4-6-11(16)13-9(5-2)12-14-10(7-17-12)8(3)15/h5,10H,4,6-7H2,1-3H3,(H,13,16)/b9-5-/t10-/m1/s1. The van der Waals surface area contributed by atoms with E-state index in [9.17, 15) is 9.59 Å². The number of hydrogen-bond donors (Lipinski definition) is 1.